The van der Waals surface area contributed by atoms with Crippen molar-refractivity contribution in [3.8, 4) is 0 Å². The summed E-state index contributed by atoms with van der Waals surface area (Å²) < 4.78 is 0. The van der Waals surface area contributed by atoms with E-state index in [1.54, 1.807) is 0 Å². The number of benzene rings is 1. The number of anilines is 2. The summed E-state index contributed by atoms with van der Waals surface area (Å²) >= 11 is 0. The summed E-state index contributed by atoms with van der Waals surface area (Å²) in [5.74, 6) is 0. The van der Waals surface area contributed by atoms with Gasteiger partial charge in [-0.2, -0.15) is 0 Å². The Bertz CT molecular complexity index is 288. The van der Waals surface area contributed by atoms with Crippen LogP contribution in [-0.2, 0) is 0 Å². The van der Waals surface area contributed by atoms with Crippen LogP contribution in [-0.4, -0.2) is 12.1 Å². The molecule has 0 atom stereocenters. The van der Waals surface area contributed by atoms with Gasteiger partial charge in [-0.25, -0.2) is 0 Å². The van der Waals surface area contributed by atoms with E-state index < -0.39 is 0 Å². The number of nitrogens with one attached hydrogen (secondary N) is 2. The van der Waals surface area contributed by atoms with Crippen molar-refractivity contribution in [2.75, 3.05) is 10.6 Å². The molecule has 0 amide bonds. The number of hydrogen-bond donors (Lipinski definition) is 2. The lowest BCUT2D eigenvalue weighted by atomic mass is 10.1. The zero-order valence-electron chi connectivity index (χ0n) is 10.4. The average Bonchev–Trinajstić information content (AvgIpc) is 2.10. The summed E-state index contributed by atoms with van der Waals surface area (Å²) in [6, 6.07) is 7.28. The molecular formula is C13H22N2. The van der Waals surface area contributed by atoms with Crippen molar-refractivity contribution < 1.29 is 0 Å². The number of hydrogen-bond acceptors (Lipinski definition) is 2. The minimum absolute atomic E-state index is 0.470. The fourth-order valence-electron chi connectivity index (χ4n) is 1.57. The highest BCUT2D eigenvalue weighted by Crippen LogP contribution is 2.24. The standard InChI is InChI=1S/C13H22N2/c1-9(2)14-12-7-6-8-13(11(12)5)15-10(3)4/h6-10,14-15H,1-5H3. The second kappa shape index (κ2) is 5.06. The zero-order chi connectivity index (χ0) is 11.4. The van der Waals surface area contributed by atoms with Crippen LogP contribution in [0.1, 0.15) is 33.3 Å². The molecule has 0 aliphatic carbocycles. The van der Waals surface area contributed by atoms with Gasteiger partial charge < -0.3 is 10.6 Å². The fourth-order valence-corrected chi connectivity index (χ4v) is 1.57. The maximum Gasteiger partial charge on any atom is 0.0392 e. The summed E-state index contributed by atoms with van der Waals surface area (Å²) in [4.78, 5) is 0. The summed E-state index contributed by atoms with van der Waals surface area (Å²) in [6.07, 6.45) is 0. The highest BCUT2D eigenvalue weighted by Gasteiger charge is 2.05. The first kappa shape index (κ1) is 11.9. The Hall–Kier alpha value is -1.18. The summed E-state index contributed by atoms with van der Waals surface area (Å²) in [6.45, 7) is 10.8. The molecule has 84 valence electrons. The van der Waals surface area contributed by atoms with E-state index in [4.69, 9.17) is 0 Å². The van der Waals surface area contributed by atoms with Gasteiger partial charge in [0.1, 0.15) is 0 Å². The monoisotopic (exact) mass is 206 g/mol. The molecule has 2 nitrogen and oxygen atoms in total. The third kappa shape index (κ3) is 3.46. The Labute approximate surface area is 93.1 Å². The normalized spacial score (nSPS) is 10.9. The van der Waals surface area contributed by atoms with E-state index in [0.717, 1.165) is 0 Å². The van der Waals surface area contributed by atoms with Gasteiger partial charge in [-0.1, -0.05) is 6.07 Å². The lowest BCUT2D eigenvalue weighted by Gasteiger charge is -2.18. The van der Waals surface area contributed by atoms with Crippen molar-refractivity contribution >= 4 is 11.4 Å². The molecule has 0 saturated heterocycles. The first-order chi connectivity index (χ1) is 7.00. The Morgan fingerprint density at radius 2 is 1.27 bits per heavy atom. The second-order valence-electron chi connectivity index (χ2n) is 4.58. The highest BCUT2D eigenvalue weighted by molar-refractivity contribution is 5.65. The van der Waals surface area contributed by atoms with Crippen molar-refractivity contribution in [3.63, 3.8) is 0 Å². The van der Waals surface area contributed by atoms with Crippen molar-refractivity contribution in [3.05, 3.63) is 23.8 Å². The predicted octanol–water partition coefficient (Wildman–Crippen LogP) is 3.64. The van der Waals surface area contributed by atoms with Gasteiger partial charge in [-0.15, -0.1) is 0 Å². The maximum atomic E-state index is 3.45. The smallest absolute Gasteiger partial charge is 0.0392 e. The molecule has 0 fully saturated rings. The third-order valence-electron chi connectivity index (χ3n) is 2.22. The van der Waals surface area contributed by atoms with E-state index >= 15 is 0 Å². The van der Waals surface area contributed by atoms with Gasteiger partial charge in [0.05, 0.1) is 0 Å². The van der Waals surface area contributed by atoms with Gasteiger partial charge in [0.2, 0.25) is 0 Å². The van der Waals surface area contributed by atoms with Crippen molar-refractivity contribution in [2.24, 2.45) is 0 Å². The molecule has 1 aromatic rings. The molecule has 1 rings (SSSR count). The minimum atomic E-state index is 0.470. The molecular weight excluding hydrogens is 184 g/mol. The first-order valence-corrected chi connectivity index (χ1v) is 5.63. The molecule has 0 unspecified atom stereocenters. The molecule has 1 aromatic carbocycles. The Kier molecular flexibility index (Phi) is 4.01. The van der Waals surface area contributed by atoms with E-state index in [-0.39, 0.29) is 0 Å². The van der Waals surface area contributed by atoms with E-state index in [9.17, 15) is 0 Å². The Balaban J connectivity index is 2.90. The van der Waals surface area contributed by atoms with Crippen LogP contribution < -0.4 is 10.6 Å². The summed E-state index contributed by atoms with van der Waals surface area (Å²) in [5.41, 5.74) is 3.73. The van der Waals surface area contributed by atoms with Gasteiger partial charge in [0.15, 0.2) is 0 Å². The summed E-state index contributed by atoms with van der Waals surface area (Å²) in [5, 5.41) is 6.89. The van der Waals surface area contributed by atoms with Crippen LogP contribution in [0.2, 0.25) is 0 Å². The van der Waals surface area contributed by atoms with E-state index in [1.165, 1.54) is 16.9 Å². The topological polar surface area (TPSA) is 24.1 Å². The van der Waals surface area contributed by atoms with E-state index in [0.29, 0.717) is 12.1 Å². The Morgan fingerprint density at radius 3 is 1.60 bits per heavy atom. The lowest BCUT2D eigenvalue weighted by molar-refractivity contribution is 0.889. The molecule has 0 aromatic heterocycles. The van der Waals surface area contributed by atoms with Gasteiger partial charge in [0, 0.05) is 23.5 Å². The fraction of sp³-hybridized carbons (Fsp3) is 0.538. The molecule has 2 N–H and O–H groups in total. The summed E-state index contributed by atoms with van der Waals surface area (Å²) in [7, 11) is 0. The molecule has 0 heterocycles. The van der Waals surface area contributed by atoms with Gasteiger partial charge in [-0.3, -0.25) is 0 Å². The molecule has 0 bridgehead atoms. The molecule has 2 heteroatoms. The van der Waals surface area contributed by atoms with Crippen LogP contribution in [0, 0.1) is 6.92 Å². The largest absolute Gasteiger partial charge is 0.383 e. The molecule has 0 aliphatic heterocycles. The maximum absolute atomic E-state index is 3.45. The molecule has 15 heavy (non-hydrogen) atoms. The van der Waals surface area contributed by atoms with Crippen LogP contribution in [0.5, 0.6) is 0 Å². The van der Waals surface area contributed by atoms with Crippen LogP contribution in [0.25, 0.3) is 0 Å². The third-order valence-corrected chi connectivity index (χ3v) is 2.22. The van der Waals surface area contributed by atoms with Gasteiger partial charge in [-0.05, 0) is 52.3 Å². The SMILES string of the molecule is Cc1c(NC(C)C)cccc1NC(C)C. The van der Waals surface area contributed by atoms with Gasteiger partial charge >= 0.3 is 0 Å². The van der Waals surface area contributed by atoms with Crippen molar-refractivity contribution in [1.29, 1.82) is 0 Å². The average molecular weight is 206 g/mol. The lowest BCUT2D eigenvalue weighted by Crippen LogP contribution is -2.14. The molecule has 0 radical (unpaired) electrons. The predicted molar refractivity (Wildman–Crippen MR) is 68.7 cm³/mol. The first-order valence-electron chi connectivity index (χ1n) is 5.63. The molecule has 0 saturated carbocycles. The molecule has 0 aliphatic rings. The highest BCUT2D eigenvalue weighted by atomic mass is 14.9. The van der Waals surface area contributed by atoms with E-state index in [2.05, 4.69) is 63.5 Å². The Morgan fingerprint density at radius 1 is 0.867 bits per heavy atom. The van der Waals surface area contributed by atoms with Crippen LogP contribution >= 0.6 is 0 Å². The van der Waals surface area contributed by atoms with E-state index in [1.807, 2.05) is 0 Å². The van der Waals surface area contributed by atoms with Crippen LogP contribution in [0.15, 0.2) is 18.2 Å². The van der Waals surface area contributed by atoms with Crippen molar-refractivity contribution in [1.82, 2.24) is 0 Å². The van der Waals surface area contributed by atoms with Gasteiger partial charge in [0.25, 0.3) is 0 Å². The minimum Gasteiger partial charge on any atom is -0.383 e. The van der Waals surface area contributed by atoms with Crippen LogP contribution in [0.3, 0.4) is 0 Å². The van der Waals surface area contributed by atoms with Crippen LogP contribution in [0.4, 0.5) is 11.4 Å². The molecule has 0 spiro atoms. The second-order valence-corrected chi connectivity index (χ2v) is 4.58. The van der Waals surface area contributed by atoms with Crippen molar-refractivity contribution in [2.45, 2.75) is 46.7 Å². The zero-order valence-corrected chi connectivity index (χ0v) is 10.4. The quantitative estimate of drug-likeness (QED) is 0.786. The number of rotatable bonds is 4.